The summed E-state index contributed by atoms with van der Waals surface area (Å²) < 4.78 is 5.42. The number of hydrogen-bond donors (Lipinski definition) is 1. The smallest absolute Gasteiger partial charge is 0.231 e. The molecule has 2 aliphatic rings. The van der Waals surface area contributed by atoms with E-state index in [-0.39, 0.29) is 17.9 Å². The number of nitrogens with one attached hydrogen (secondary N) is 1. The molecule has 1 saturated heterocycles. The number of carbonyl (C=O) groups excluding carboxylic acids is 1. The number of fused-ring (bicyclic) bond motifs is 1. The van der Waals surface area contributed by atoms with Crippen molar-refractivity contribution in [2.24, 2.45) is 0 Å². The molecule has 0 aromatic heterocycles. The van der Waals surface area contributed by atoms with E-state index in [0.29, 0.717) is 0 Å². The zero-order chi connectivity index (χ0) is 13.9. The van der Waals surface area contributed by atoms with Crippen molar-refractivity contribution >= 4 is 5.91 Å². The number of methoxy groups -OCH3 is 1. The lowest BCUT2D eigenvalue weighted by Crippen LogP contribution is -2.47. The highest BCUT2D eigenvalue weighted by Gasteiger charge is 2.32. The minimum atomic E-state index is -0.0458. The Bertz CT molecular complexity index is 489. The van der Waals surface area contributed by atoms with Gasteiger partial charge in [0.2, 0.25) is 5.91 Å². The van der Waals surface area contributed by atoms with Gasteiger partial charge >= 0.3 is 0 Å². The fourth-order valence-electron chi connectivity index (χ4n) is 3.27. The molecule has 2 aliphatic heterocycles. The number of ether oxygens (including phenoxy) is 1. The molecule has 2 atom stereocenters. The van der Waals surface area contributed by atoms with Crippen molar-refractivity contribution in [3.05, 3.63) is 35.4 Å². The Labute approximate surface area is 120 Å². The van der Waals surface area contributed by atoms with Gasteiger partial charge in [0.25, 0.3) is 0 Å². The van der Waals surface area contributed by atoms with Crippen LogP contribution in [0.1, 0.15) is 29.9 Å². The summed E-state index contributed by atoms with van der Waals surface area (Å²) >= 11 is 0. The van der Waals surface area contributed by atoms with Gasteiger partial charge in [0.05, 0.1) is 12.0 Å². The summed E-state index contributed by atoms with van der Waals surface area (Å²) in [5.41, 5.74) is 2.44. The van der Waals surface area contributed by atoms with E-state index in [0.717, 1.165) is 39.0 Å². The maximum Gasteiger partial charge on any atom is 0.231 e. The molecule has 3 rings (SSSR count). The van der Waals surface area contributed by atoms with Gasteiger partial charge in [0.1, 0.15) is 0 Å². The summed E-state index contributed by atoms with van der Waals surface area (Å²) in [7, 11) is 1.73. The third-order valence-corrected chi connectivity index (χ3v) is 4.42. The number of carbonyl (C=O) groups is 1. The Balaban J connectivity index is 1.78. The third-order valence-electron chi connectivity index (χ3n) is 4.42. The van der Waals surface area contributed by atoms with E-state index in [1.54, 1.807) is 7.11 Å². The van der Waals surface area contributed by atoms with Gasteiger partial charge in [-0.1, -0.05) is 24.3 Å². The third kappa shape index (κ3) is 2.58. The average molecular weight is 274 g/mol. The van der Waals surface area contributed by atoms with Gasteiger partial charge in [-0.2, -0.15) is 0 Å². The maximum atomic E-state index is 12.8. The van der Waals surface area contributed by atoms with Crippen LogP contribution >= 0.6 is 0 Å². The van der Waals surface area contributed by atoms with Crippen molar-refractivity contribution in [3.8, 4) is 0 Å². The van der Waals surface area contributed by atoms with Crippen molar-refractivity contribution in [2.75, 3.05) is 26.7 Å². The van der Waals surface area contributed by atoms with Crippen LogP contribution in [0.2, 0.25) is 0 Å². The van der Waals surface area contributed by atoms with Crippen LogP contribution in [0.15, 0.2) is 24.3 Å². The topological polar surface area (TPSA) is 41.6 Å². The first-order valence-corrected chi connectivity index (χ1v) is 7.39. The van der Waals surface area contributed by atoms with Crippen molar-refractivity contribution in [1.29, 1.82) is 0 Å². The molecule has 1 aromatic carbocycles. The second kappa shape index (κ2) is 5.94. The monoisotopic (exact) mass is 274 g/mol. The maximum absolute atomic E-state index is 12.8. The molecule has 2 heterocycles. The number of nitrogens with zero attached hydrogens (tertiary/aromatic N) is 1. The molecule has 1 N–H and O–H groups in total. The zero-order valence-electron chi connectivity index (χ0n) is 12.0. The molecule has 4 nitrogen and oxygen atoms in total. The molecule has 0 radical (unpaired) electrons. The number of benzene rings is 1. The van der Waals surface area contributed by atoms with Gasteiger partial charge in [-0.25, -0.2) is 0 Å². The Kier molecular flexibility index (Phi) is 4.03. The van der Waals surface area contributed by atoms with Gasteiger partial charge in [-0.15, -0.1) is 0 Å². The normalized spacial score (nSPS) is 26.1. The highest BCUT2D eigenvalue weighted by Crippen LogP contribution is 2.27. The van der Waals surface area contributed by atoms with Crippen molar-refractivity contribution in [3.63, 3.8) is 0 Å². The lowest BCUT2D eigenvalue weighted by atomic mass is 9.89. The molecule has 1 amide bonds. The minimum Gasteiger partial charge on any atom is -0.380 e. The molecular weight excluding hydrogens is 252 g/mol. The number of amides is 1. The summed E-state index contributed by atoms with van der Waals surface area (Å²) in [5, 5.41) is 3.36. The van der Waals surface area contributed by atoms with Crippen molar-refractivity contribution in [2.45, 2.75) is 31.4 Å². The Morgan fingerprint density at radius 1 is 1.40 bits per heavy atom. The van der Waals surface area contributed by atoms with Crippen LogP contribution in [0.5, 0.6) is 0 Å². The molecule has 1 fully saturated rings. The van der Waals surface area contributed by atoms with Crippen molar-refractivity contribution < 1.29 is 9.53 Å². The summed E-state index contributed by atoms with van der Waals surface area (Å²) in [6.07, 6.45) is 2.28. The molecule has 20 heavy (non-hydrogen) atoms. The number of piperidine rings is 1. The van der Waals surface area contributed by atoms with Gasteiger partial charge in [0, 0.05) is 33.3 Å². The number of rotatable bonds is 2. The summed E-state index contributed by atoms with van der Waals surface area (Å²) in [4.78, 5) is 14.8. The molecule has 0 aliphatic carbocycles. The summed E-state index contributed by atoms with van der Waals surface area (Å²) in [5.74, 6) is 0.196. The van der Waals surface area contributed by atoms with E-state index in [9.17, 15) is 4.79 Å². The lowest BCUT2D eigenvalue weighted by Gasteiger charge is -2.36. The van der Waals surface area contributed by atoms with E-state index in [2.05, 4.69) is 17.4 Å². The molecule has 1 aromatic rings. The SMILES string of the molecule is COC1CCCN(C(=O)C2CNCc3ccccc32)C1. The second-order valence-electron chi connectivity index (χ2n) is 5.67. The average Bonchev–Trinajstić information content (AvgIpc) is 2.53. The van der Waals surface area contributed by atoms with E-state index in [1.807, 2.05) is 17.0 Å². The predicted molar refractivity (Wildman–Crippen MR) is 77.5 cm³/mol. The Morgan fingerprint density at radius 2 is 2.25 bits per heavy atom. The van der Waals surface area contributed by atoms with Crippen LogP contribution in [0, 0.1) is 0 Å². The largest absolute Gasteiger partial charge is 0.380 e. The fourth-order valence-corrected chi connectivity index (χ4v) is 3.27. The fraction of sp³-hybridized carbons (Fsp3) is 0.562. The molecule has 4 heteroatoms. The van der Waals surface area contributed by atoms with Crippen LogP contribution in [-0.2, 0) is 16.1 Å². The molecule has 0 saturated carbocycles. The quantitative estimate of drug-likeness (QED) is 0.889. The predicted octanol–water partition coefficient (Wildman–Crippen LogP) is 1.51. The van der Waals surface area contributed by atoms with Gasteiger partial charge in [-0.05, 0) is 24.0 Å². The lowest BCUT2D eigenvalue weighted by molar-refractivity contribution is -0.136. The first-order chi connectivity index (χ1) is 9.79. The highest BCUT2D eigenvalue weighted by atomic mass is 16.5. The molecular formula is C16H22N2O2. The Morgan fingerprint density at radius 3 is 3.10 bits per heavy atom. The molecule has 108 valence electrons. The van der Waals surface area contributed by atoms with Crippen LogP contribution in [0.4, 0.5) is 0 Å². The van der Waals surface area contributed by atoms with Crippen LogP contribution in [-0.4, -0.2) is 43.7 Å². The minimum absolute atomic E-state index is 0.0458. The molecule has 2 unspecified atom stereocenters. The summed E-state index contributed by atoms with van der Waals surface area (Å²) in [6, 6.07) is 8.26. The van der Waals surface area contributed by atoms with E-state index in [1.165, 1.54) is 11.1 Å². The van der Waals surface area contributed by atoms with Crippen LogP contribution < -0.4 is 5.32 Å². The highest BCUT2D eigenvalue weighted by molar-refractivity contribution is 5.85. The first-order valence-electron chi connectivity index (χ1n) is 7.39. The van der Waals surface area contributed by atoms with Gasteiger partial charge < -0.3 is 15.0 Å². The van der Waals surface area contributed by atoms with Crippen molar-refractivity contribution in [1.82, 2.24) is 10.2 Å². The van der Waals surface area contributed by atoms with E-state index < -0.39 is 0 Å². The zero-order valence-corrected chi connectivity index (χ0v) is 12.0. The van der Waals surface area contributed by atoms with Gasteiger partial charge in [-0.3, -0.25) is 4.79 Å². The molecule has 0 spiro atoms. The second-order valence-corrected chi connectivity index (χ2v) is 5.67. The van der Waals surface area contributed by atoms with E-state index >= 15 is 0 Å². The van der Waals surface area contributed by atoms with E-state index in [4.69, 9.17) is 4.74 Å². The van der Waals surface area contributed by atoms with Crippen LogP contribution in [0.25, 0.3) is 0 Å². The first kappa shape index (κ1) is 13.6. The Hall–Kier alpha value is -1.39. The number of hydrogen-bond acceptors (Lipinski definition) is 3. The number of likely N-dealkylation sites (tertiary alicyclic amines) is 1. The summed E-state index contributed by atoms with van der Waals surface area (Å²) in [6.45, 7) is 3.19. The molecule has 0 bridgehead atoms. The van der Waals surface area contributed by atoms with Gasteiger partial charge in [0.15, 0.2) is 0 Å². The van der Waals surface area contributed by atoms with Crippen LogP contribution in [0.3, 0.4) is 0 Å². The standard InChI is InChI=1S/C16H22N2O2/c1-20-13-6-4-8-18(11-13)16(19)15-10-17-9-12-5-2-3-7-14(12)15/h2-3,5,7,13,15,17H,4,6,8-11H2,1H3.